The SMILES string of the molecule is CCC(Cl)(Cl)C(O)(Cl)Cl. The summed E-state index contributed by atoms with van der Waals surface area (Å²) in [6, 6.07) is 0. The lowest BCUT2D eigenvalue weighted by Crippen LogP contribution is -2.35. The Morgan fingerprint density at radius 1 is 1.22 bits per heavy atom. The quantitative estimate of drug-likeness (QED) is 0.697. The highest BCUT2D eigenvalue weighted by atomic mass is 35.5. The molecule has 0 aliphatic heterocycles. The third-order valence-corrected chi connectivity index (χ3v) is 3.00. The Hall–Kier alpha value is 1.12. The monoisotopic (exact) mass is 210 g/mol. The van der Waals surface area contributed by atoms with Crippen LogP contribution in [0, 0.1) is 0 Å². The van der Waals surface area contributed by atoms with Crippen molar-refractivity contribution in [3.63, 3.8) is 0 Å². The Balaban J connectivity index is 4.14. The molecule has 0 aliphatic rings. The molecule has 0 bridgehead atoms. The van der Waals surface area contributed by atoms with E-state index in [1.807, 2.05) is 0 Å². The molecule has 1 nitrogen and oxygen atoms in total. The molecule has 0 amide bonds. The van der Waals surface area contributed by atoms with Crippen molar-refractivity contribution in [2.45, 2.75) is 22.2 Å². The molecule has 0 aromatic heterocycles. The Labute approximate surface area is 73.8 Å². The van der Waals surface area contributed by atoms with Gasteiger partial charge in [-0.15, -0.1) is 0 Å². The van der Waals surface area contributed by atoms with Gasteiger partial charge in [-0.25, -0.2) is 0 Å². The molecule has 0 heterocycles. The fourth-order valence-corrected chi connectivity index (χ4v) is 0.480. The number of alkyl halides is 4. The normalized spacial score (nSPS) is 14.0. The van der Waals surface area contributed by atoms with Crippen LogP contribution in [0.2, 0.25) is 0 Å². The van der Waals surface area contributed by atoms with Crippen LogP contribution in [0.15, 0.2) is 0 Å². The maximum atomic E-state index is 8.81. The van der Waals surface area contributed by atoms with E-state index >= 15 is 0 Å². The van der Waals surface area contributed by atoms with E-state index in [0.29, 0.717) is 0 Å². The topological polar surface area (TPSA) is 20.2 Å². The molecule has 0 unspecified atom stereocenters. The zero-order chi connectivity index (χ0) is 7.71. The van der Waals surface area contributed by atoms with Gasteiger partial charge in [-0.3, -0.25) is 0 Å². The Morgan fingerprint density at radius 3 is 1.56 bits per heavy atom. The lowest BCUT2D eigenvalue weighted by molar-refractivity contribution is 0.192. The molecule has 0 aromatic carbocycles. The van der Waals surface area contributed by atoms with E-state index in [0.717, 1.165) is 0 Å². The Morgan fingerprint density at radius 2 is 1.56 bits per heavy atom. The van der Waals surface area contributed by atoms with E-state index in [4.69, 9.17) is 51.5 Å². The summed E-state index contributed by atoms with van der Waals surface area (Å²) in [7, 11) is 0. The minimum absolute atomic E-state index is 0.277. The van der Waals surface area contributed by atoms with Gasteiger partial charge in [0.1, 0.15) is 0 Å². The van der Waals surface area contributed by atoms with Gasteiger partial charge >= 0.3 is 0 Å². The van der Waals surface area contributed by atoms with Crippen LogP contribution in [-0.4, -0.2) is 14.0 Å². The lowest BCUT2D eigenvalue weighted by atomic mass is 10.3. The first-order valence-corrected chi connectivity index (χ1v) is 3.80. The summed E-state index contributed by atoms with van der Waals surface area (Å²) in [6.07, 6.45) is 0.277. The standard InChI is InChI=1S/C4H6Cl4O/c1-2-3(5,6)4(7,8)9/h9H,2H2,1H3. The van der Waals surface area contributed by atoms with Crippen molar-refractivity contribution in [2.75, 3.05) is 0 Å². The molecule has 9 heavy (non-hydrogen) atoms. The maximum absolute atomic E-state index is 8.81. The van der Waals surface area contributed by atoms with Crippen LogP contribution in [-0.2, 0) is 0 Å². The molecule has 56 valence electrons. The van der Waals surface area contributed by atoms with Gasteiger partial charge in [0, 0.05) is 0 Å². The molecule has 0 aromatic rings. The first-order chi connectivity index (χ1) is 3.81. The van der Waals surface area contributed by atoms with Crippen molar-refractivity contribution in [3.8, 4) is 0 Å². The molecule has 5 heteroatoms. The van der Waals surface area contributed by atoms with Gasteiger partial charge < -0.3 is 5.11 Å². The summed E-state index contributed by atoms with van der Waals surface area (Å²) in [6.45, 7) is 1.66. The summed E-state index contributed by atoms with van der Waals surface area (Å²) < 4.78 is -3.57. The van der Waals surface area contributed by atoms with E-state index in [-0.39, 0.29) is 6.42 Å². The van der Waals surface area contributed by atoms with E-state index in [1.165, 1.54) is 0 Å². The van der Waals surface area contributed by atoms with Crippen LogP contribution in [0.5, 0.6) is 0 Å². The summed E-state index contributed by atoms with van der Waals surface area (Å²) in [4.78, 5) is 0. The van der Waals surface area contributed by atoms with Crippen LogP contribution in [0.4, 0.5) is 0 Å². The van der Waals surface area contributed by atoms with Crippen LogP contribution in [0.3, 0.4) is 0 Å². The molecule has 0 saturated heterocycles. The second kappa shape index (κ2) is 3.02. The van der Waals surface area contributed by atoms with Crippen LogP contribution >= 0.6 is 46.4 Å². The first kappa shape index (κ1) is 10.1. The smallest absolute Gasteiger partial charge is 0.248 e. The summed E-state index contributed by atoms with van der Waals surface area (Å²) >= 11 is 21.3. The van der Waals surface area contributed by atoms with Crippen molar-refractivity contribution < 1.29 is 5.11 Å². The van der Waals surface area contributed by atoms with Gasteiger partial charge in [0.2, 0.25) is 4.52 Å². The molecule has 0 radical (unpaired) electrons. The largest absolute Gasteiger partial charge is 0.360 e. The lowest BCUT2D eigenvalue weighted by Gasteiger charge is -2.25. The first-order valence-electron chi connectivity index (χ1n) is 2.29. The molecular weight excluding hydrogens is 206 g/mol. The zero-order valence-electron chi connectivity index (χ0n) is 4.67. The summed E-state index contributed by atoms with van der Waals surface area (Å²) in [5, 5.41) is 8.81. The van der Waals surface area contributed by atoms with E-state index in [2.05, 4.69) is 0 Å². The highest BCUT2D eigenvalue weighted by molar-refractivity contribution is 6.61. The average molecular weight is 212 g/mol. The third kappa shape index (κ3) is 2.69. The van der Waals surface area contributed by atoms with E-state index in [9.17, 15) is 0 Å². The van der Waals surface area contributed by atoms with Gasteiger partial charge in [-0.2, -0.15) is 0 Å². The number of halogens is 4. The number of rotatable bonds is 2. The number of hydrogen-bond acceptors (Lipinski definition) is 1. The summed E-state index contributed by atoms with van der Waals surface area (Å²) in [5.74, 6) is 0. The van der Waals surface area contributed by atoms with E-state index < -0.39 is 8.85 Å². The Bertz CT molecular complexity index is 95.2. The van der Waals surface area contributed by atoms with Crippen LogP contribution in [0.25, 0.3) is 0 Å². The molecule has 0 rings (SSSR count). The molecule has 0 saturated carbocycles. The van der Waals surface area contributed by atoms with Crippen LogP contribution in [0.1, 0.15) is 13.3 Å². The van der Waals surface area contributed by atoms with Gasteiger partial charge in [-0.1, -0.05) is 53.3 Å². The van der Waals surface area contributed by atoms with Gasteiger partial charge in [-0.05, 0) is 6.42 Å². The van der Waals surface area contributed by atoms with Gasteiger partial charge in [0.05, 0.1) is 0 Å². The second-order valence-corrected chi connectivity index (χ2v) is 4.37. The van der Waals surface area contributed by atoms with Gasteiger partial charge in [0.25, 0.3) is 0 Å². The number of hydrogen-bond donors (Lipinski definition) is 1. The Kier molecular flexibility index (Phi) is 3.39. The van der Waals surface area contributed by atoms with Crippen molar-refractivity contribution in [3.05, 3.63) is 0 Å². The predicted molar refractivity (Wildman–Crippen MR) is 41.4 cm³/mol. The molecule has 0 atom stereocenters. The fraction of sp³-hybridized carbons (Fsp3) is 1.00. The molecule has 0 aliphatic carbocycles. The molecule has 0 spiro atoms. The third-order valence-electron chi connectivity index (χ3n) is 0.884. The van der Waals surface area contributed by atoms with Crippen molar-refractivity contribution in [2.24, 2.45) is 0 Å². The fourth-order valence-electron chi connectivity index (χ4n) is 0.213. The second-order valence-electron chi connectivity index (χ2n) is 1.60. The minimum Gasteiger partial charge on any atom is -0.360 e. The van der Waals surface area contributed by atoms with Gasteiger partial charge in [0.15, 0.2) is 4.33 Å². The van der Waals surface area contributed by atoms with E-state index in [1.54, 1.807) is 6.92 Å². The molecule has 1 N–H and O–H groups in total. The molecule has 0 fully saturated rings. The maximum Gasteiger partial charge on any atom is 0.248 e. The van der Waals surface area contributed by atoms with Crippen molar-refractivity contribution >= 4 is 46.4 Å². The minimum atomic E-state index is -2.08. The highest BCUT2D eigenvalue weighted by Crippen LogP contribution is 2.42. The van der Waals surface area contributed by atoms with Crippen molar-refractivity contribution in [1.29, 1.82) is 0 Å². The van der Waals surface area contributed by atoms with Crippen LogP contribution < -0.4 is 0 Å². The zero-order valence-corrected chi connectivity index (χ0v) is 7.69. The summed E-state index contributed by atoms with van der Waals surface area (Å²) in [5.41, 5.74) is 0. The number of aliphatic hydroxyl groups is 1. The highest BCUT2D eigenvalue weighted by Gasteiger charge is 2.43. The predicted octanol–water partition coefficient (Wildman–Crippen LogP) is 2.69. The molecular formula is C4H6Cl4O. The van der Waals surface area contributed by atoms with Crippen molar-refractivity contribution in [1.82, 2.24) is 0 Å². The average Bonchev–Trinajstić information content (AvgIpc) is 1.64.